The van der Waals surface area contributed by atoms with Crippen LogP contribution in [0.15, 0.2) is 48.5 Å². The van der Waals surface area contributed by atoms with Crippen LogP contribution in [0.3, 0.4) is 0 Å². The molecule has 1 N–H and O–H groups in total. The van der Waals surface area contributed by atoms with Crippen molar-refractivity contribution in [3.8, 4) is 0 Å². The van der Waals surface area contributed by atoms with E-state index in [-0.39, 0.29) is 5.82 Å². The van der Waals surface area contributed by atoms with E-state index in [1.807, 2.05) is 12.1 Å². The SMILES string of the molecule is Fc1ccc(N2CCN(CN3Cc4ccccc4N3)CC2)cc1. The monoisotopic (exact) mass is 312 g/mol. The molecule has 0 amide bonds. The van der Waals surface area contributed by atoms with Crippen LogP contribution in [0.5, 0.6) is 0 Å². The number of nitrogens with one attached hydrogen (secondary N) is 1. The van der Waals surface area contributed by atoms with E-state index >= 15 is 0 Å². The van der Waals surface area contributed by atoms with E-state index in [1.54, 1.807) is 0 Å². The van der Waals surface area contributed by atoms with Gasteiger partial charge in [0.15, 0.2) is 0 Å². The van der Waals surface area contributed by atoms with Gasteiger partial charge >= 0.3 is 0 Å². The summed E-state index contributed by atoms with van der Waals surface area (Å²) in [6.45, 7) is 5.87. The largest absolute Gasteiger partial charge is 0.369 e. The summed E-state index contributed by atoms with van der Waals surface area (Å²) in [6.07, 6.45) is 0. The molecule has 0 aromatic heterocycles. The number of nitrogens with zero attached hydrogens (tertiary/aromatic N) is 3. The summed E-state index contributed by atoms with van der Waals surface area (Å²) in [5.41, 5.74) is 7.15. The minimum atomic E-state index is -0.174. The number of benzene rings is 2. The highest BCUT2D eigenvalue weighted by atomic mass is 19.1. The van der Waals surface area contributed by atoms with Gasteiger partial charge < -0.3 is 10.3 Å². The molecule has 2 heterocycles. The molecule has 0 radical (unpaired) electrons. The second-order valence-electron chi connectivity index (χ2n) is 6.19. The van der Waals surface area contributed by atoms with Crippen LogP contribution in [0.2, 0.25) is 0 Å². The maximum atomic E-state index is 13.0. The lowest BCUT2D eigenvalue weighted by Gasteiger charge is -2.37. The lowest BCUT2D eigenvalue weighted by Crippen LogP contribution is -2.50. The molecule has 0 spiro atoms. The Bertz CT molecular complexity index is 640. The van der Waals surface area contributed by atoms with Crippen molar-refractivity contribution in [2.75, 3.05) is 43.2 Å². The van der Waals surface area contributed by atoms with Gasteiger partial charge in [-0.05, 0) is 35.9 Å². The van der Waals surface area contributed by atoms with E-state index in [0.717, 1.165) is 45.1 Å². The summed E-state index contributed by atoms with van der Waals surface area (Å²) < 4.78 is 13.0. The first-order valence-corrected chi connectivity index (χ1v) is 8.10. The Hall–Kier alpha value is -2.11. The molecule has 2 aliphatic rings. The highest BCUT2D eigenvalue weighted by Gasteiger charge is 2.22. The topological polar surface area (TPSA) is 21.8 Å². The molecule has 4 rings (SSSR count). The molecule has 1 fully saturated rings. The second kappa shape index (κ2) is 6.18. The summed E-state index contributed by atoms with van der Waals surface area (Å²) >= 11 is 0. The van der Waals surface area contributed by atoms with Gasteiger partial charge in [0.05, 0.1) is 12.4 Å². The third-order valence-corrected chi connectivity index (χ3v) is 4.59. The van der Waals surface area contributed by atoms with E-state index in [4.69, 9.17) is 0 Å². The normalized spacial score (nSPS) is 18.7. The first-order chi connectivity index (χ1) is 11.3. The number of para-hydroxylation sites is 1. The van der Waals surface area contributed by atoms with Gasteiger partial charge in [0.1, 0.15) is 5.82 Å². The van der Waals surface area contributed by atoms with Crippen molar-refractivity contribution in [2.45, 2.75) is 6.54 Å². The Morgan fingerprint density at radius 1 is 0.913 bits per heavy atom. The molecule has 1 saturated heterocycles. The molecule has 5 heteroatoms. The number of hydrogen-bond donors (Lipinski definition) is 1. The number of anilines is 2. The van der Waals surface area contributed by atoms with Crippen LogP contribution in [-0.2, 0) is 6.54 Å². The lowest BCUT2D eigenvalue weighted by molar-refractivity contribution is 0.148. The van der Waals surface area contributed by atoms with Gasteiger partial charge in [-0.25, -0.2) is 9.40 Å². The van der Waals surface area contributed by atoms with Crippen LogP contribution >= 0.6 is 0 Å². The van der Waals surface area contributed by atoms with E-state index in [9.17, 15) is 4.39 Å². The minimum Gasteiger partial charge on any atom is -0.369 e. The lowest BCUT2D eigenvalue weighted by atomic mass is 10.2. The van der Waals surface area contributed by atoms with Crippen molar-refractivity contribution < 1.29 is 4.39 Å². The van der Waals surface area contributed by atoms with Crippen molar-refractivity contribution in [3.05, 3.63) is 59.9 Å². The zero-order chi connectivity index (χ0) is 15.6. The molecule has 0 bridgehead atoms. The van der Waals surface area contributed by atoms with Crippen molar-refractivity contribution in [2.24, 2.45) is 0 Å². The predicted molar refractivity (Wildman–Crippen MR) is 90.7 cm³/mol. The zero-order valence-electron chi connectivity index (χ0n) is 13.1. The predicted octanol–water partition coefficient (Wildman–Crippen LogP) is 2.75. The Labute approximate surface area is 136 Å². The average Bonchev–Trinajstić information content (AvgIpc) is 2.98. The minimum absolute atomic E-state index is 0.174. The first kappa shape index (κ1) is 14.5. The Morgan fingerprint density at radius 2 is 1.65 bits per heavy atom. The molecule has 23 heavy (non-hydrogen) atoms. The van der Waals surface area contributed by atoms with Crippen LogP contribution in [0.4, 0.5) is 15.8 Å². The maximum Gasteiger partial charge on any atom is 0.123 e. The molecule has 2 aromatic carbocycles. The van der Waals surface area contributed by atoms with Crippen LogP contribution in [-0.4, -0.2) is 42.8 Å². The summed E-state index contributed by atoms with van der Waals surface area (Å²) in [4.78, 5) is 4.78. The standard InChI is InChI=1S/C18H21FN4/c19-16-5-7-17(8-6-16)22-11-9-21(10-12-22)14-23-13-15-3-1-2-4-18(15)20-23/h1-8,20H,9-14H2. The summed E-state index contributed by atoms with van der Waals surface area (Å²) in [6, 6.07) is 15.3. The number of hydrazine groups is 1. The fourth-order valence-electron chi connectivity index (χ4n) is 3.31. The first-order valence-electron chi connectivity index (χ1n) is 8.10. The van der Waals surface area contributed by atoms with Gasteiger partial charge in [0.2, 0.25) is 0 Å². The van der Waals surface area contributed by atoms with Crippen molar-refractivity contribution in [3.63, 3.8) is 0 Å². The van der Waals surface area contributed by atoms with E-state index < -0.39 is 0 Å². The van der Waals surface area contributed by atoms with Gasteiger partial charge in [-0.2, -0.15) is 0 Å². The molecule has 0 unspecified atom stereocenters. The molecular formula is C18H21FN4. The van der Waals surface area contributed by atoms with Gasteiger partial charge in [-0.1, -0.05) is 18.2 Å². The number of halogens is 1. The molecule has 0 atom stereocenters. The summed E-state index contributed by atoms with van der Waals surface area (Å²) in [5.74, 6) is -0.174. The van der Waals surface area contributed by atoms with Crippen LogP contribution in [0.25, 0.3) is 0 Å². The Kier molecular flexibility index (Phi) is 3.89. The number of rotatable bonds is 3. The van der Waals surface area contributed by atoms with Crippen LogP contribution in [0.1, 0.15) is 5.56 Å². The molecule has 4 nitrogen and oxygen atoms in total. The number of piperazine rings is 1. The van der Waals surface area contributed by atoms with Crippen LogP contribution in [0, 0.1) is 5.82 Å². The molecule has 2 aliphatic heterocycles. The van der Waals surface area contributed by atoms with Crippen molar-refractivity contribution in [1.82, 2.24) is 9.91 Å². The maximum absolute atomic E-state index is 13.0. The average molecular weight is 312 g/mol. The molecule has 0 saturated carbocycles. The fourth-order valence-corrected chi connectivity index (χ4v) is 3.31. The van der Waals surface area contributed by atoms with E-state index in [0.29, 0.717) is 0 Å². The molecule has 120 valence electrons. The number of hydrogen-bond acceptors (Lipinski definition) is 4. The molecule has 0 aliphatic carbocycles. The van der Waals surface area contributed by atoms with Crippen LogP contribution < -0.4 is 10.3 Å². The van der Waals surface area contributed by atoms with E-state index in [2.05, 4.69) is 44.5 Å². The fraction of sp³-hybridized carbons (Fsp3) is 0.333. The van der Waals surface area contributed by atoms with Crippen molar-refractivity contribution >= 4 is 11.4 Å². The van der Waals surface area contributed by atoms with Gasteiger partial charge in [-0.3, -0.25) is 4.90 Å². The van der Waals surface area contributed by atoms with Crippen molar-refractivity contribution in [1.29, 1.82) is 0 Å². The van der Waals surface area contributed by atoms with Gasteiger partial charge in [-0.15, -0.1) is 0 Å². The third-order valence-electron chi connectivity index (χ3n) is 4.59. The van der Waals surface area contributed by atoms with E-state index in [1.165, 1.54) is 23.4 Å². The molecule has 2 aromatic rings. The van der Waals surface area contributed by atoms with Gasteiger partial charge in [0, 0.05) is 38.4 Å². The van der Waals surface area contributed by atoms with Gasteiger partial charge in [0.25, 0.3) is 0 Å². The summed E-state index contributed by atoms with van der Waals surface area (Å²) in [7, 11) is 0. The third kappa shape index (κ3) is 3.16. The second-order valence-corrected chi connectivity index (χ2v) is 6.19. The Morgan fingerprint density at radius 3 is 2.39 bits per heavy atom. The highest BCUT2D eigenvalue weighted by Crippen LogP contribution is 2.24. The quantitative estimate of drug-likeness (QED) is 0.940. The Balaban J connectivity index is 1.30. The summed E-state index contributed by atoms with van der Waals surface area (Å²) in [5, 5.41) is 2.26. The highest BCUT2D eigenvalue weighted by molar-refractivity contribution is 5.53. The number of fused-ring (bicyclic) bond motifs is 1. The zero-order valence-corrected chi connectivity index (χ0v) is 13.1. The molecular weight excluding hydrogens is 291 g/mol. The smallest absolute Gasteiger partial charge is 0.123 e.